The van der Waals surface area contributed by atoms with Gasteiger partial charge in [-0.15, -0.1) is 0 Å². The number of nitro benzene ring substituents is 1. The molecule has 1 atom stereocenters. The molecule has 9 nitrogen and oxygen atoms in total. The summed E-state index contributed by atoms with van der Waals surface area (Å²) in [6.07, 6.45) is -0.331. The summed E-state index contributed by atoms with van der Waals surface area (Å²) < 4.78 is 16.6. The molecule has 1 aliphatic rings. The molecule has 1 aliphatic heterocycles. The predicted molar refractivity (Wildman–Crippen MR) is 97.7 cm³/mol. The molecule has 0 saturated carbocycles. The van der Waals surface area contributed by atoms with Crippen LogP contribution >= 0.6 is 0 Å². The number of fused-ring (bicyclic) bond motifs is 1. The Morgan fingerprint density at radius 3 is 2.78 bits per heavy atom. The zero-order valence-electron chi connectivity index (χ0n) is 14.9. The number of nitro groups is 1. The summed E-state index contributed by atoms with van der Waals surface area (Å²) in [6, 6.07) is 10.9. The highest BCUT2D eigenvalue weighted by Gasteiger charge is 2.24. The molecule has 1 heterocycles. The largest absolute Gasteiger partial charge is 0.495 e. The molecule has 2 aromatic rings. The minimum atomic E-state index is -0.538. The highest BCUT2D eigenvalue weighted by Crippen LogP contribution is 2.31. The number of amides is 2. The number of nitrogens with one attached hydrogen (secondary N) is 1. The first kappa shape index (κ1) is 18.3. The van der Waals surface area contributed by atoms with Gasteiger partial charge in [-0.3, -0.25) is 10.1 Å². The summed E-state index contributed by atoms with van der Waals surface area (Å²) in [5.41, 5.74) is 0.0732. The zero-order chi connectivity index (χ0) is 19.4. The number of benzene rings is 2. The molecule has 3 rings (SSSR count). The highest BCUT2D eigenvalue weighted by molar-refractivity contribution is 5.91. The number of hydrogen-bond acceptors (Lipinski definition) is 6. The number of hydrogen-bond donors (Lipinski definition) is 1. The van der Waals surface area contributed by atoms with E-state index in [2.05, 4.69) is 5.32 Å². The fourth-order valence-electron chi connectivity index (χ4n) is 2.66. The molecule has 27 heavy (non-hydrogen) atoms. The molecule has 142 valence electrons. The first-order valence-corrected chi connectivity index (χ1v) is 8.21. The second kappa shape index (κ2) is 7.81. The van der Waals surface area contributed by atoms with Crippen molar-refractivity contribution in [3.8, 4) is 17.2 Å². The lowest BCUT2D eigenvalue weighted by Crippen LogP contribution is -2.43. The molecule has 2 aromatic carbocycles. The highest BCUT2D eigenvalue weighted by atomic mass is 16.6. The summed E-state index contributed by atoms with van der Waals surface area (Å²) in [7, 11) is 3.02. The van der Waals surface area contributed by atoms with Crippen molar-refractivity contribution in [1.82, 2.24) is 4.90 Å². The Morgan fingerprint density at radius 1 is 1.33 bits per heavy atom. The van der Waals surface area contributed by atoms with Crippen LogP contribution in [0.1, 0.15) is 0 Å². The third kappa shape index (κ3) is 4.20. The number of methoxy groups -OCH3 is 1. The number of nitrogens with zero attached hydrogens (tertiary/aromatic N) is 2. The van der Waals surface area contributed by atoms with Crippen LogP contribution in [-0.4, -0.2) is 49.3 Å². The van der Waals surface area contributed by atoms with Gasteiger partial charge in [-0.2, -0.15) is 0 Å². The van der Waals surface area contributed by atoms with Gasteiger partial charge in [0, 0.05) is 19.2 Å². The van der Waals surface area contributed by atoms with Crippen LogP contribution in [-0.2, 0) is 0 Å². The molecule has 0 aliphatic carbocycles. The third-order valence-corrected chi connectivity index (χ3v) is 4.03. The van der Waals surface area contributed by atoms with Crippen molar-refractivity contribution in [3.63, 3.8) is 0 Å². The Morgan fingerprint density at radius 2 is 2.07 bits per heavy atom. The number of carbonyl (C=O) groups is 1. The lowest BCUT2D eigenvalue weighted by molar-refractivity contribution is -0.384. The number of non-ortho nitro benzene ring substituents is 1. The standard InChI is InChI=1S/C18H19N3O6/c1-20(10-13-11-26-16-5-3-4-6-17(16)27-13)18(22)19-14-9-12(21(23)24)7-8-15(14)25-2/h3-9,13H,10-11H2,1-2H3,(H,19,22). The lowest BCUT2D eigenvalue weighted by atomic mass is 10.2. The number of para-hydroxylation sites is 2. The van der Waals surface area contributed by atoms with Crippen LogP contribution < -0.4 is 19.5 Å². The second-order valence-corrected chi connectivity index (χ2v) is 5.95. The van der Waals surface area contributed by atoms with Gasteiger partial charge in [-0.05, 0) is 18.2 Å². The van der Waals surface area contributed by atoms with Crippen molar-refractivity contribution >= 4 is 17.4 Å². The average Bonchev–Trinajstić information content (AvgIpc) is 2.67. The van der Waals surface area contributed by atoms with Gasteiger partial charge in [0.2, 0.25) is 0 Å². The molecule has 0 radical (unpaired) electrons. The molecule has 0 saturated heterocycles. The van der Waals surface area contributed by atoms with Crippen LogP contribution in [0.5, 0.6) is 17.2 Å². The van der Waals surface area contributed by atoms with Gasteiger partial charge in [0.1, 0.15) is 12.4 Å². The van der Waals surface area contributed by atoms with Crippen LogP contribution in [0, 0.1) is 10.1 Å². The first-order valence-electron chi connectivity index (χ1n) is 8.21. The van der Waals surface area contributed by atoms with E-state index in [4.69, 9.17) is 14.2 Å². The quantitative estimate of drug-likeness (QED) is 0.638. The summed E-state index contributed by atoms with van der Waals surface area (Å²) in [4.78, 5) is 24.3. The minimum Gasteiger partial charge on any atom is -0.495 e. The van der Waals surface area contributed by atoms with Gasteiger partial charge in [-0.1, -0.05) is 12.1 Å². The van der Waals surface area contributed by atoms with Gasteiger partial charge in [0.05, 0.1) is 24.3 Å². The predicted octanol–water partition coefficient (Wildman–Crippen LogP) is 2.91. The van der Waals surface area contributed by atoms with E-state index in [-0.39, 0.29) is 24.0 Å². The van der Waals surface area contributed by atoms with Crippen molar-refractivity contribution < 1.29 is 23.9 Å². The minimum absolute atomic E-state index is 0.144. The van der Waals surface area contributed by atoms with Crippen LogP contribution in [0.3, 0.4) is 0 Å². The summed E-state index contributed by atoms with van der Waals surface area (Å²) in [6.45, 7) is 0.589. The molecule has 1 N–H and O–H groups in total. The zero-order valence-corrected chi connectivity index (χ0v) is 14.9. The first-order chi connectivity index (χ1) is 13.0. The molecule has 1 unspecified atom stereocenters. The van der Waals surface area contributed by atoms with Gasteiger partial charge < -0.3 is 24.4 Å². The van der Waals surface area contributed by atoms with Crippen LogP contribution in [0.2, 0.25) is 0 Å². The number of rotatable bonds is 5. The fraction of sp³-hybridized carbons (Fsp3) is 0.278. The number of carbonyl (C=O) groups excluding carboxylic acids is 1. The van der Waals surface area contributed by atoms with E-state index in [1.165, 1.54) is 30.2 Å². The van der Waals surface area contributed by atoms with Gasteiger partial charge in [0.25, 0.3) is 5.69 Å². The van der Waals surface area contributed by atoms with E-state index < -0.39 is 11.0 Å². The van der Waals surface area contributed by atoms with Crippen molar-refractivity contribution in [2.45, 2.75) is 6.10 Å². The Kier molecular flexibility index (Phi) is 5.30. The maximum Gasteiger partial charge on any atom is 0.321 e. The van der Waals surface area contributed by atoms with E-state index in [9.17, 15) is 14.9 Å². The summed E-state index contributed by atoms with van der Waals surface area (Å²) >= 11 is 0. The average molecular weight is 373 g/mol. The van der Waals surface area contributed by atoms with E-state index in [1.807, 2.05) is 18.2 Å². The normalized spacial score (nSPS) is 15.0. The molecule has 0 aromatic heterocycles. The Labute approximate surface area is 155 Å². The van der Waals surface area contributed by atoms with Crippen LogP contribution in [0.25, 0.3) is 0 Å². The van der Waals surface area contributed by atoms with Gasteiger partial charge in [0.15, 0.2) is 17.6 Å². The summed E-state index contributed by atoms with van der Waals surface area (Å²) in [5.74, 6) is 1.62. The van der Waals surface area contributed by atoms with Gasteiger partial charge in [-0.25, -0.2) is 4.79 Å². The number of anilines is 1. The summed E-state index contributed by atoms with van der Waals surface area (Å²) in [5, 5.41) is 13.6. The van der Waals surface area contributed by atoms with E-state index in [1.54, 1.807) is 13.1 Å². The van der Waals surface area contributed by atoms with Crippen molar-refractivity contribution in [2.75, 3.05) is 32.6 Å². The molecule has 0 fully saturated rings. The molecular formula is C18H19N3O6. The van der Waals surface area contributed by atoms with Crippen LogP contribution in [0.4, 0.5) is 16.2 Å². The van der Waals surface area contributed by atoms with Crippen molar-refractivity contribution in [1.29, 1.82) is 0 Å². The van der Waals surface area contributed by atoms with Crippen molar-refractivity contribution in [2.24, 2.45) is 0 Å². The molecule has 9 heteroatoms. The molecule has 2 amide bonds. The topological polar surface area (TPSA) is 103 Å². The molecule has 0 bridgehead atoms. The second-order valence-electron chi connectivity index (χ2n) is 5.95. The monoisotopic (exact) mass is 373 g/mol. The van der Waals surface area contributed by atoms with Crippen molar-refractivity contribution in [3.05, 3.63) is 52.6 Å². The Hall–Kier alpha value is -3.49. The van der Waals surface area contributed by atoms with E-state index >= 15 is 0 Å². The third-order valence-electron chi connectivity index (χ3n) is 4.03. The van der Waals surface area contributed by atoms with E-state index in [0.717, 1.165) is 0 Å². The lowest BCUT2D eigenvalue weighted by Gasteiger charge is -2.29. The van der Waals surface area contributed by atoms with Gasteiger partial charge >= 0.3 is 6.03 Å². The Bertz CT molecular complexity index is 857. The molecular weight excluding hydrogens is 354 g/mol. The Balaban J connectivity index is 1.65. The maximum atomic E-state index is 12.5. The maximum absolute atomic E-state index is 12.5. The molecule has 0 spiro atoms. The smallest absolute Gasteiger partial charge is 0.321 e. The number of urea groups is 1. The van der Waals surface area contributed by atoms with E-state index in [0.29, 0.717) is 23.9 Å². The SMILES string of the molecule is COc1ccc([N+](=O)[O-])cc1NC(=O)N(C)CC1COc2ccccc2O1. The van der Waals surface area contributed by atoms with Crippen LogP contribution in [0.15, 0.2) is 42.5 Å². The number of ether oxygens (including phenoxy) is 3. The fourth-order valence-corrected chi connectivity index (χ4v) is 2.66. The number of likely N-dealkylation sites (N-methyl/N-ethyl adjacent to an activating group) is 1.